The quantitative estimate of drug-likeness (QED) is 0.578. The van der Waals surface area contributed by atoms with E-state index in [-0.39, 0.29) is 0 Å². The van der Waals surface area contributed by atoms with Crippen molar-refractivity contribution < 1.29 is 9.47 Å². The molecule has 0 bridgehead atoms. The summed E-state index contributed by atoms with van der Waals surface area (Å²) in [4.78, 5) is 0. The summed E-state index contributed by atoms with van der Waals surface area (Å²) >= 11 is 0. The molecule has 0 atom stereocenters. The Labute approximate surface area is 154 Å². The van der Waals surface area contributed by atoms with E-state index in [0.717, 1.165) is 22.4 Å². The van der Waals surface area contributed by atoms with Crippen molar-refractivity contribution >= 4 is 6.21 Å². The molecule has 0 fully saturated rings. The summed E-state index contributed by atoms with van der Waals surface area (Å²) in [6.07, 6.45) is 1.30. The average Bonchev–Trinajstić information content (AvgIpc) is 2.67. The third-order valence-corrected chi connectivity index (χ3v) is 4.18. The van der Waals surface area contributed by atoms with Crippen LogP contribution in [0.4, 0.5) is 0 Å². The minimum Gasteiger partial charge on any atom is -0.489 e. The molecule has 0 amide bonds. The van der Waals surface area contributed by atoms with Crippen molar-refractivity contribution in [1.29, 1.82) is 5.41 Å². The van der Waals surface area contributed by atoms with E-state index in [2.05, 4.69) is 62.4 Å². The molecule has 3 nitrogen and oxygen atoms in total. The Morgan fingerprint density at radius 3 is 1.81 bits per heavy atom. The Balaban J connectivity index is 1.68. The average molecular weight is 345 g/mol. The van der Waals surface area contributed by atoms with Gasteiger partial charge in [0, 0.05) is 17.8 Å². The van der Waals surface area contributed by atoms with Crippen molar-refractivity contribution in [1.82, 2.24) is 0 Å². The minimum atomic E-state index is 0.461. The van der Waals surface area contributed by atoms with Crippen LogP contribution in [0.25, 0.3) is 0 Å². The minimum absolute atomic E-state index is 0.461. The Morgan fingerprint density at radius 1 is 0.731 bits per heavy atom. The highest BCUT2D eigenvalue weighted by Gasteiger charge is 2.06. The largest absolute Gasteiger partial charge is 0.489 e. The summed E-state index contributed by atoms with van der Waals surface area (Å²) in [5.74, 6) is 1.39. The van der Waals surface area contributed by atoms with Crippen LogP contribution in [0.1, 0.15) is 27.8 Å². The number of nitrogens with one attached hydrogen (secondary N) is 1. The van der Waals surface area contributed by atoms with Crippen LogP contribution in [0, 0.1) is 19.3 Å². The predicted molar refractivity (Wildman–Crippen MR) is 105 cm³/mol. The first-order valence-electron chi connectivity index (χ1n) is 8.65. The molecule has 0 aromatic heterocycles. The molecule has 0 unspecified atom stereocenters. The zero-order valence-corrected chi connectivity index (χ0v) is 15.2. The summed E-state index contributed by atoms with van der Waals surface area (Å²) in [6.45, 7) is 5.09. The molecule has 3 rings (SSSR count). The van der Waals surface area contributed by atoms with Gasteiger partial charge in [0.15, 0.2) is 0 Å². The maximum Gasteiger partial charge on any atom is 0.132 e. The molecule has 0 radical (unpaired) electrons. The highest BCUT2D eigenvalue weighted by atomic mass is 16.5. The van der Waals surface area contributed by atoms with Gasteiger partial charge in [0.25, 0.3) is 0 Å². The van der Waals surface area contributed by atoms with Crippen LogP contribution >= 0.6 is 0 Å². The zero-order valence-electron chi connectivity index (χ0n) is 15.2. The van der Waals surface area contributed by atoms with Gasteiger partial charge in [-0.1, -0.05) is 59.7 Å². The molecule has 1 N–H and O–H groups in total. The predicted octanol–water partition coefficient (Wildman–Crippen LogP) is 5.46. The maximum absolute atomic E-state index is 7.58. The lowest BCUT2D eigenvalue weighted by Crippen LogP contribution is -2.00. The number of aryl methyl sites for hydroxylation is 2. The number of rotatable bonds is 7. The van der Waals surface area contributed by atoms with Gasteiger partial charge in [-0.15, -0.1) is 0 Å². The second-order valence-corrected chi connectivity index (χ2v) is 6.39. The van der Waals surface area contributed by atoms with Crippen LogP contribution in [-0.2, 0) is 13.2 Å². The molecule has 0 heterocycles. The molecular formula is C23H23NO2. The van der Waals surface area contributed by atoms with Crippen LogP contribution in [-0.4, -0.2) is 6.21 Å². The number of hydrogen-bond acceptors (Lipinski definition) is 3. The lowest BCUT2D eigenvalue weighted by Gasteiger charge is -2.12. The highest BCUT2D eigenvalue weighted by Crippen LogP contribution is 2.25. The van der Waals surface area contributed by atoms with Crippen molar-refractivity contribution in [2.75, 3.05) is 0 Å². The van der Waals surface area contributed by atoms with Gasteiger partial charge in [-0.3, -0.25) is 0 Å². The number of ether oxygens (including phenoxy) is 2. The molecular weight excluding hydrogens is 322 g/mol. The van der Waals surface area contributed by atoms with Crippen molar-refractivity contribution in [3.05, 3.63) is 94.5 Å². The van der Waals surface area contributed by atoms with Crippen molar-refractivity contribution in [3.63, 3.8) is 0 Å². The Hall–Kier alpha value is -3.07. The number of benzene rings is 3. The van der Waals surface area contributed by atoms with Gasteiger partial charge in [0.1, 0.15) is 24.7 Å². The van der Waals surface area contributed by atoms with Crippen LogP contribution in [0.15, 0.2) is 66.7 Å². The lowest BCUT2D eigenvalue weighted by atomic mass is 10.1. The van der Waals surface area contributed by atoms with E-state index < -0.39 is 0 Å². The van der Waals surface area contributed by atoms with E-state index in [1.165, 1.54) is 17.3 Å². The van der Waals surface area contributed by atoms with Gasteiger partial charge in [0.2, 0.25) is 0 Å². The molecule has 0 aliphatic heterocycles. The Bertz CT molecular complexity index is 868. The second-order valence-electron chi connectivity index (χ2n) is 6.39. The molecule has 26 heavy (non-hydrogen) atoms. The molecule has 0 aliphatic rings. The fourth-order valence-corrected chi connectivity index (χ4v) is 2.55. The first kappa shape index (κ1) is 17.7. The van der Waals surface area contributed by atoms with Crippen molar-refractivity contribution in [3.8, 4) is 11.5 Å². The summed E-state index contributed by atoms with van der Waals surface area (Å²) in [5.41, 5.74) is 5.41. The summed E-state index contributed by atoms with van der Waals surface area (Å²) in [6, 6.07) is 22.1. The summed E-state index contributed by atoms with van der Waals surface area (Å²) in [7, 11) is 0. The first-order valence-corrected chi connectivity index (χ1v) is 8.65. The van der Waals surface area contributed by atoms with Crippen LogP contribution in [0.2, 0.25) is 0 Å². The molecule has 132 valence electrons. The van der Waals surface area contributed by atoms with Crippen LogP contribution in [0.3, 0.4) is 0 Å². The van der Waals surface area contributed by atoms with Gasteiger partial charge in [0.05, 0.1) is 0 Å². The van der Waals surface area contributed by atoms with E-state index in [9.17, 15) is 0 Å². The van der Waals surface area contributed by atoms with Gasteiger partial charge in [-0.25, -0.2) is 0 Å². The van der Waals surface area contributed by atoms with Crippen molar-refractivity contribution in [2.45, 2.75) is 27.1 Å². The molecule has 3 aromatic rings. The third-order valence-electron chi connectivity index (χ3n) is 4.18. The Morgan fingerprint density at radius 2 is 1.27 bits per heavy atom. The smallest absolute Gasteiger partial charge is 0.132 e. The first-order chi connectivity index (χ1) is 12.6. The van der Waals surface area contributed by atoms with E-state index in [1.807, 2.05) is 18.2 Å². The van der Waals surface area contributed by atoms with Crippen LogP contribution < -0.4 is 9.47 Å². The topological polar surface area (TPSA) is 42.3 Å². The Kier molecular flexibility index (Phi) is 5.69. The fourth-order valence-electron chi connectivity index (χ4n) is 2.55. The third kappa shape index (κ3) is 4.73. The second kappa shape index (κ2) is 8.34. The fraction of sp³-hybridized carbons (Fsp3) is 0.174. The highest BCUT2D eigenvalue weighted by molar-refractivity contribution is 5.81. The summed E-state index contributed by atoms with van der Waals surface area (Å²) in [5, 5.41) is 7.58. The van der Waals surface area contributed by atoms with Crippen molar-refractivity contribution in [2.24, 2.45) is 0 Å². The molecule has 3 heteroatoms. The van der Waals surface area contributed by atoms with E-state index in [4.69, 9.17) is 14.9 Å². The normalized spacial score (nSPS) is 10.4. The SMILES string of the molecule is Cc1ccc(COc2ccc(C=N)c(OCc3ccc(C)cc3)c2)cc1. The molecule has 0 saturated carbocycles. The van der Waals surface area contributed by atoms with E-state index in [1.54, 1.807) is 0 Å². The summed E-state index contributed by atoms with van der Waals surface area (Å²) < 4.78 is 11.8. The molecule has 0 saturated heterocycles. The standard InChI is InChI=1S/C23H23NO2/c1-17-3-7-19(8-4-17)15-25-22-12-11-21(14-24)23(13-22)26-16-20-9-5-18(2)6-10-20/h3-14,24H,15-16H2,1-2H3. The van der Waals surface area contributed by atoms with Gasteiger partial charge in [-0.2, -0.15) is 0 Å². The van der Waals surface area contributed by atoms with Gasteiger partial charge >= 0.3 is 0 Å². The monoisotopic (exact) mass is 345 g/mol. The maximum atomic E-state index is 7.58. The molecule has 3 aromatic carbocycles. The molecule has 0 spiro atoms. The van der Waals surface area contributed by atoms with Crippen LogP contribution in [0.5, 0.6) is 11.5 Å². The zero-order chi connectivity index (χ0) is 18.4. The van der Waals surface area contributed by atoms with E-state index in [0.29, 0.717) is 19.0 Å². The van der Waals surface area contributed by atoms with Gasteiger partial charge < -0.3 is 14.9 Å². The lowest BCUT2D eigenvalue weighted by molar-refractivity contribution is 0.289. The van der Waals surface area contributed by atoms with E-state index >= 15 is 0 Å². The van der Waals surface area contributed by atoms with Gasteiger partial charge in [-0.05, 0) is 37.1 Å². The number of hydrogen-bond donors (Lipinski definition) is 1. The molecule has 0 aliphatic carbocycles.